The van der Waals surface area contributed by atoms with Gasteiger partial charge in [-0.2, -0.15) is 0 Å². The van der Waals surface area contributed by atoms with E-state index < -0.39 is 0 Å². The van der Waals surface area contributed by atoms with Gasteiger partial charge in [0.25, 0.3) is 0 Å². The number of benzene rings is 1. The smallest absolute Gasteiger partial charge is 0.119 e. The molecule has 3 nitrogen and oxygen atoms in total. The van der Waals surface area contributed by atoms with Crippen molar-refractivity contribution in [3.05, 3.63) is 29.8 Å². The molecule has 0 amide bonds. The van der Waals surface area contributed by atoms with E-state index in [2.05, 4.69) is 28.3 Å². The summed E-state index contributed by atoms with van der Waals surface area (Å²) in [6, 6.07) is 8.11. The van der Waals surface area contributed by atoms with Crippen molar-refractivity contribution in [1.29, 1.82) is 0 Å². The largest absolute Gasteiger partial charge is 0.492 e. The predicted octanol–water partition coefficient (Wildman–Crippen LogP) is 1.35. The fourth-order valence-electron chi connectivity index (χ4n) is 1.50. The molecule has 0 saturated carbocycles. The Morgan fingerprint density at radius 3 is 3.00 bits per heavy atom. The average molecular weight is 232 g/mol. The molecular formula is C14H20N2O. The molecule has 92 valence electrons. The molecular weight excluding hydrogens is 212 g/mol. The molecule has 0 aliphatic heterocycles. The van der Waals surface area contributed by atoms with Crippen molar-refractivity contribution in [3.63, 3.8) is 0 Å². The first-order valence-corrected chi connectivity index (χ1v) is 5.74. The molecule has 0 aliphatic carbocycles. The monoisotopic (exact) mass is 232 g/mol. The minimum absolute atomic E-state index is 0.654. The summed E-state index contributed by atoms with van der Waals surface area (Å²) in [5.41, 5.74) is 1.22. The Bertz CT molecular complexity index is 371. The summed E-state index contributed by atoms with van der Waals surface area (Å²) in [5, 5.41) is 3.12. The molecule has 0 saturated heterocycles. The van der Waals surface area contributed by atoms with E-state index in [0.29, 0.717) is 13.2 Å². The van der Waals surface area contributed by atoms with Crippen LogP contribution in [0.25, 0.3) is 0 Å². The van der Waals surface area contributed by atoms with Crippen LogP contribution in [0.5, 0.6) is 5.75 Å². The van der Waals surface area contributed by atoms with Crippen LogP contribution >= 0.6 is 0 Å². The number of hydrogen-bond donors (Lipinski definition) is 1. The van der Waals surface area contributed by atoms with E-state index >= 15 is 0 Å². The number of likely N-dealkylation sites (N-methyl/N-ethyl adjacent to an activating group) is 1. The van der Waals surface area contributed by atoms with Crippen LogP contribution in [0.1, 0.15) is 5.56 Å². The van der Waals surface area contributed by atoms with E-state index in [1.807, 2.05) is 26.2 Å². The Kier molecular flexibility index (Phi) is 6.16. The van der Waals surface area contributed by atoms with E-state index in [4.69, 9.17) is 11.2 Å². The van der Waals surface area contributed by atoms with Gasteiger partial charge in [0.05, 0.1) is 6.54 Å². The molecule has 0 bridgehead atoms. The number of nitrogens with one attached hydrogen (secondary N) is 1. The summed E-state index contributed by atoms with van der Waals surface area (Å²) in [6.45, 7) is 3.00. The third kappa shape index (κ3) is 5.39. The Labute approximate surface area is 104 Å². The van der Waals surface area contributed by atoms with Crippen LogP contribution in [0.15, 0.2) is 24.3 Å². The van der Waals surface area contributed by atoms with Gasteiger partial charge < -0.3 is 10.1 Å². The maximum atomic E-state index is 5.67. The maximum absolute atomic E-state index is 5.67. The number of terminal acetylenes is 1. The summed E-state index contributed by atoms with van der Waals surface area (Å²) in [7, 11) is 3.92. The lowest BCUT2D eigenvalue weighted by atomic mass is 10.2. The van der Waals surface area contributed by atoms with Crippen molar-refractivity contribution < 1.29 is 4.74 Å². The summed E-state index contributed by atoms with van der Waals surface area (Å²) in [5.74, 6) is 3.51. The molecule has 1 aromatic rings. The zero-order valence-electron chi connectivity index (χ0n) is 10.6. The normalized spacial score (nSPS) is 10.2. The highest BCUT2D eigenvalue weighted by molar-refractivity contribution is 5.28. The van der Waals surface area contributed by atoms with Crippen LogP contribution in [-0.2, 0) is 6.54 Å². The minimum atomic E-state index is 0.654. The molecule has 0 heterocycles. The average Bonchev–Trinajstić information content (AvgIpc) is 2.30. The van der Waals surface area contributed by atoms with Crippen LogP contribution < -0.4 is 10.1 Å². The number of hydrogen-bond acceptors (Lipinski definition) is 3. The molecule has 1 N–H and O–H groups in total. The SMILES string of the molecule is C#CCN(C)CCOc1cccc(CNC)c1. The van der Waals surface area contributed by atoms with Crippen molar-refractivity contribution in [2.45, 2.75) is 6.54 Å². The topological polar surface area (TPSA) is 24.5 Å². The molecule has 3 heteroatoms. The van der Waals surface area contributed by atoms with Crippen molar-refractivity contribution >= 4 is 0 Å². The lowest BCUT2D eigenvalue weighted by molar-refractivity contribution is 0.251. The van der Waals surface area contributed by atoms with Gasteiger partial charge in [-0.3, -0.25) is 4.90 Å². The number of nitrogens with zero attached hydrogens (tertiary/aromatic N) is 1. The third-order valence-corrected chi connectivity index (χ3v) is 2.38. The molecule has 1 rings (SSSR count). The Morgan fingerprint density at radius 2 is 2.29 bits per heavy atom. The van der Waals surface area contributed by atoms with Crippen LogP contribution in [0.4, 0.5) is 0 Å². The number of rotatable bonds is 7. The zero-order chi connectivity index (χ0) is 12.5. The predicted molar refractivity (Wildman–Crippen MR) is 71.0 cm³/mol. The van der Waals surface area contributed by atoms with Gasteiger partial charge >= 0.3 is 0 Å². The Balaban J connectivity index is 2.36. The molecule has 0 fully saturated rings. The van der Waals surface area contributed by atoms with Crippen molar-refractivity contribution in [2.24, 2.45) is 0 Å². The second-order valence-electron chi connectivity index (χ2n) is 3.97. The third-order valence-electron chi connectivity index (χ3n) is 2.38. The first-order chi connectivity index (χ1) is 8.26. The summed E-state index contributed by atoms with van der Waals surface area (Å²) in [6.07, 6.45) is 5.23. The highest BCUT2D eigenvalue weighted by Crippen LogP contribution is 2.12. The fraction of sp³-hybridized carbons (Fsp3) is 0.429. The van der Waals surface area contributed by atoms with Crippen molar-refractivity contribution in [2.75, 3.05) is 33.8 Å². The van der Waals surface area contributed by atoms with Gasteiger partial charge in [0.2, 0.25) is 0 Å². The molecule has 0 aromatic heterocycles. The molecule has 0 unspecified atom stereocenters. The molecule has 0 radical (unpaired) electrons. The molecule has 0 atom stereocenters. The van der Waals surface area contributed by atoms with Gasteiger partial charge in [0, 0.05) is 13.1 Å². The van der Waals surface area contributed by atoms with Crippen LogP contribution in [0, 0.1) is 12.3 Å². The van der Waals surface area contributed by atoms with Gasteiger partial charge in [-0.25, -0.2) is 0 Å². The second kappa shape index (κ2) is 7.72. The van der Waals surface area contributed by atoms with Crippen LogP contribution in [0.3, 0.4) is 0 Å². The highest BCUT2D eigenvalue weighted by atomic mass is 16.5. The lowest BCUT2D eigenvalue weighted by Gasteiger charge is -2.14. The van der Waals surface area contributed by atoms with Crippen molar-refractivity contribution in [3.8, 4) is 18.1 Å². The Morgan fingerprint density at radius 1 is 1.47 bits per heavy atom. The maximum Gasteiger partial charge on any atom is 0.119 e. The molecule has 17 heavy (non-hydrogen) atoms. The lowest BCUT2D eigenvalue weighted by Crippen LogP contribution is -2.24. The number of ether oxygens (including phenoxy) is 1. The first-order valence-electron chi connectivity index (χ1n) is 5.74. The van der Waals surface area contributed by atoms with E-state index in [0.717, 1.165) is 18.8 Å². The molecule has 0 aliphatic rings. The van der Waals surface area contributed by atoms with E-state index in [9.17, 15) is 0 Å². The summed E-state index contributed by atoms with van der Waals surface area (Å²) < 4.78 is 5.67. The Hall–Kier alpha value is -1.50. The summed E-state index contributed by atoms with van der Waals surface area (Å²) in [4.78, 5) is 2.05. The van der Waals surface area contributed by atoms with Gasteiger partial charge in [-0.15, -0.1) is 6.42 Å². The van der Waals surface area contributed by atoms with Crippen molar-refractivity contribution in [1.82, 2.24) is 10.2 Å². The standard InChI is InChI=1S/C14H20N2O/c1-4-8-16(3)9-10-17-14-7-5-6-13(11-14)12-15-2/h1,5-7,11,15H,8-10,12H2,2-3H3. The van der Waals surface area contributed by atoms with E-state index in [-0.39, 0.29) is 0 Å². The quantitative estimate of drug-likeness (QED) is 0.718. The van der Waals surface area contributed by atoms with Gasteiger partial charge in [0.1, 0.15) is 12.4 Å². The second-order valence-corrected chi connectivity index (χ2v) is 3.97. The van der Waals surface area contributed by atoms with Crippen LogP contribution in [0.2, 0.25) is 0 Å². The van der Waals surface area contributed by atoms with Gasteiger partial charge in [-0.1, -0.05) is 18.1 Å². The minimum Gasteiger partial charge on any atom is -0.492 e. The van der Waals surface area contributed by atoms with E-state index in [1.165, 1.54) is 5.56 Å². The molecule has 0 spiro atoms. The van der Waals surface area contributed by atoms with Crippen LogP contribution in [-0.4, -0.2) is 38.7 Å². The summed E-state index contributed by atoms with van der Waals surface area (Å²) >= 11 is 0. The van der Waals surface area contributed by atoms with Gasteiger partial charge in [0.15, 0.2) is 0 Å². The van der Waals surface area contributed by atoms with Gasteiger partial charge in [-0.05, 0) is 31.8 Å². The van der Waals surface area contributed by atoms with E-state index in [1.54, 1.807) is 0 Å². The highest BCUT2D eigenvalue weighted by Gasteiger charge is 1.98. The molecule has 1 aromatic carbocycles. The zero-order valence-corrected chi connectivity index (χ0v) is 10.6. The fourth-order valence-corrected chi connectivity index (χ4v) is 1.50. The first kappa shape index (κ1) is 13.6.